The van der Waals surface area contributed by atoms with Gasteiger partial charge in [0.15, 0.2) is 0 Å². The SMILES string of the molecule is O=C(CNc1cccc(S(=O)(=O)N2CCCC2)c1)NCc1cccs1. The lowest BCUT2D eigenvalue weighted by Gasteiger charge is -2.16. The number of benzene rings is 1. The molecule has 25 heavy (non-hydrogen) atoms. The van der Waals surface area contributed by atoms with Gasteiger partial charge < -0.3 is 10.6 Å². The van der Waals surface area contributed by atoms with Crippen LogP contribution in [0.2, 0.25) is 0 Å². The predicted molar refractivity (Wildman–Crippen MR) is 99.1 cm³/mol. The molecular formula is C17H21N3O3S2. The number of carbonyl (C=O) groups excluding carboxylic acids is 1. The normalized spacial score (nSPS) is 15.2. The van der Waals surface area contributed by atoms with Crippen LogP contribution < -0.4 is 10.6 Å². The zero-order valence-electron chi connectivity index (χ0n) is 13.8. The van der Waals surface area contributed by atoms with Gasteiger partial charge in [0.05, 0.1) is 18.0 Å². The van der Waals surface area contributed by atoms with Crippen LogP contribution in [0.1, 0.15) is 17.7 Å². The van der Waals surface area contributed by atoms with E-state index in [4.69, 9.17) is 0 Å². The molecule has 0 saturated carbocycles. The van der Waals surface area contributed by atoms with Gasteiger partial charge in [0.25, 0.3) is 0 Å². The summed E-state index contributed by atoms with van der Waals surface area (Å²) in [7, 11) is -3.45. The van der Waals surface area contributed by atoms with Crippen molar-refractivity contribution in [1.82, 2.24) is 9.62 Å². The number of carbonyl (C=O) groups is 1. The Bertz CT molecular complexity index is 813. The minimum atomic E-state index is -3.45. The summed E-state index contributed by atoms with van der Waals surface area (Å²) < 4.78 is 26.7. The third kappa shape index (κ3) is 4.59. The second-order valence-electron chi connectivity index (χ2n) is 5.85. The summed E-state index contributed by atoms with van der Waals surface area (Å²) in [5.41, 5.74) is 0.617. The predicted octanol–water partition coefficient (Wildman–Crippen LogP) is 2.26. The molecule has 6 nitrogen and oxygen atoms in total. The highest BCUT2D eigenvalue weighted by atomic mass is 32.2. The number of anilines is 1. The molecule has 0 radical (unpaired) electrons. The molecule has 0 spiro atoms. The van der Waals surface area contributed by atoms with Crippen LogP contribution in [0.4, 0.5) is 5.69 Å². The van der Waals surface area contributed by atoms with Crippen molar-refractivity contribution in [2.75, 3.05) is 25.0 Å². The number of thiophene rings is 1. The van der Waals surface area contributed by atoms with Crippen LogP contribution >= 0.6 is 11.3 Å². The summed E-state index contributed by atoms with van der Waals surface area (Å²) in [4.78, 5) is 13.3. The molecule has 0 bridgehead atoms. The number of rotatable bonds is 7. The van der Waals surface area contributed by atoms with Crippen LogP contribution in [0.3, 0.4) is 0 Å². The van der Waals surface area contributed by atoms with Gasteiger partial charge in [0.1, 0.15) is 0 Å². The van der Waals surface area contributed by atoms with Crippen LogP contribution in [0.25, 0.3) is 0 Å². The molecule has 0 aliphatic carbocycles. The third-order valence-electron chi connectivity index (χ3n) is 4.03. The molecule has 1 amide bonds. The molecule has 1 aliphatic rings. The average Bonchev–Trinajstić information content (AvgIpc) is 3.32. The Balaban J connectivity index is 1.57. The first-order valence-electron chi connectivity index (χ1n) is 8.19. The maximum absolute atomic E-state index is 12.6. The summed E-state index contributed by atoms with van der Waals surface area (Å²) in [5.74, 6) is -0.138. The lowest BCUT2D eigenvalue weighted by molar-refractivity contribution is -0.119. The first-order valence-corrected chi connectivity index (χ1v) is 10.5. The maximum atomic E-state index is 12.6. The second-order valence-corrected chi connectivity index (χ2v) is 8.82. The van der Waals surface area contributed by atoms with Gasteiger partial charge in [-0.15, -0.1) is 11.3 Å². The number of amides is 1. The lowest BCUT2D eigenvalue weighted by Crippen LogP contribution is -2.29. The van der Waals surface area contributed by atoms with Crippen molar-refractivity contribution in [3.63, 3.8) is 0 Å². The zero-order chi connectivity index (χ0) is 17.7. The van der Waals surface area contributed by atoms with E-state index in [-0.39, 0.29) is 17.3 Å². The van der Waals surface area contributed by atoms with E-state index < -0.39 is 10.0 Å². The molecule has 3 rings (SSSR count). The molecule has 0 unspecified atom stereocenters. The Kier molecular flexibility index (Phi) is 5.72. The molecule has 1 fully saturated rings. The number of sulfonamides is 1. The Labute approximate surface area is 151 Å². The van der Waals surface area contributed by atoms with Gasteiger partial charge in [-0.25, -0.2) is 8.42 Å². The number of hydrogen-bond donors (Lipinski definition) is 2. The summed E-state index contributed by atoms with van der Waals surface area (Å²) in [6.07, 6.45) is 1.81. The Morgan fingerprint density at radius 1 is 1.16 bits per heavy atom. The highest BCUT2D eigenvalue weighted by molar-refractivity contribution is 7.89. The van der Waals surface area contributed by atoms with Crippen LogP contribution in [-0.4, -0.2) is 38.3 Å². The largest absolute Gasteiger partial charge is 0.376 e. The highest BCUT2D eigenvalue weighted by Gasteiger charge is 2.27. The van der Waals surface area contributed by atoms with Gasteiger partial charge in [-0.05, 0) is 42.5 Å². The smallest absolute Gasteiger partial charge is 0.243 e. The van der Waals surface area contributed by atoms with E-state index in [9.17, 15) is 13.2 Å². The van der Waals surface area contributed by atoms with Crippen LogP contribution in [-0.2, 0) is 21.4 Å². The molecule has 1 aromatic carbocycles. The first kappa shape index (κ1) is 17.9. The quantitative estimate of drug-likeness (QED) is 0.773. The highest BCUT2D eigenvalue weighted by Crippen LogP contribution is 2.23. The fourth-order valence-electron chi connectivity index (χ4n) is 2.69. The second kappa shape index (κ2) is 7.99. The summed E-state index contributed by atoms with van der Waals surface area (Å²) in [6.45, 7) is 1.75. The summed E-state index contributed by atoms with van der Waals surface area (Å²) >= 11 is 1.59. The Hall–Kier alpha value is -1.90. The molecule has 2 N–H and O–H groups in total. The monoisotopic (exact) mass is 379 g/mol. The van der Waals surface area contributed by atoms with Gasteiger partial charge in [0.2, 0.25) is 15.9 Å². The van der Waals surface area contributed by atoms with Crippen molar-refractivity contribution in [1.29, 1.82) is 0 Å². The first-order chi connectivity index (χ1) is 12.1. The third-order valence-corrected chi connectivity index (χ3v) is 6.80. The average molecular weight is 380 g/mol. The van der Waals surface area contributed by atoms with Gasteiger partial charge in [-0.1, -0.05) is 12.1 Å². The van der Waals surface area contributed by atoms with Gasteiger partial charge in [0, 0.05) is 23.7 Å². The molecule has 0 atom stereocenters. The summed E-state index contributed by atoms with van der Waals surface area (Å²) in [6, 6.07) is 10.5. The van der Waals surface area contributed by atoms with Crippen molar-refractivity contribution in [3.05, 3.63) is 46.7 Å². The van der Waals surface area contributed by atoms with E-state index >= 15 is 0 Å². The Morgan fingerprint density at radius 3 is 2.68 bits per heavy atom. The number of nitrogens with zero attached hydrogens (tertiary/aromatic N) is 1. The fourth-order valence-corrected chi connectivity index (χ4v) is 4.90. The minimum Gasteiger partial charge on any atom is -0.376 e. The van der Waals surface area contributed by atoms with E-state index in [0.717, 1.165) is 17.7 Å². The van der Waals surface area contributed by atoms with E-state index in [1.54, 1.807) is 35.6 Å². The molecule has 1 aromatic heterocycles. The fraction of sp³-hybridized carbons (Fsp3) is 0.353. The molecule has 1 aliphatic heterocycles. The van der Waals surface area contributed by atoms with Crippen molar-refractivity contribution >= 4 is 33.0 Å². The van der Waals surface area contributed by atoms with Crippen molar-refractivity contribution in [2.24, 2.45) is 0 Å². The lowest BCUT2D eigenvalue weighted by atomic mass is 10.3. The molecular weight excluding hydrogens is 358 g/mol. The molecule has 8 heteroatoms. The number of hydrogen-bond acceptors (Lipinski definition) is 5. The zero-order valence-corrected chi connectivity index (χ0v) is 15.4. The van der Waals surface area contributed by atoms with Crippen LogP contribution in [0.5, 0.6) is 0 Å². The minimum absolute atomic E-state index is 0.0958. The van der Waals surface area contributed by atoms with Crippen molar-refractivity contribution in [2.45, 2.75) is 24.3 Å². The molecule has 2 heterocycles. The maximum Gasteiger partial charge on any atom is 0.243 e. The van der Waals surface area contributed by atoms with Crippen molar-refractivity contribution in [3.8, 4) is 0 Å². The van der Waals surface area contributed by atoms with Crippen LogP contribution in [0.15, 0.2) is 46.7 Å². The molecule has 2 aromatic rings. The van der Waals surface area contributed by atoms with E-state index in [0.29, 0.717) is 25.3 Å². The Morgan fingerprint density at radius 2 is 1.96 bits per heavy atom. The topological polar surface area (TPSA) is 78.5 Å². The van der Waals surface area contributed by atoms with Gasteiger partial charge >= 0.3 is 0 Å². The van der Waals surface area contributed by atoms with Gasteiger partial charge in [-0.2, -0.15) is 4.31 Å². The van der Waals surface area contributed by atoms with Crippen LogP contribution in [0, 0.1) is 0 Å². The summed E-state index contributed by atoms with van der Waals surface area (Å²) in [5, 5.41) is 7.78. The van der Waals surface area contributed by atoms with E-state index in [1.807, 2.05) is 17.5 Å². The van der Waals surface area contributed by atoms with Crippen molar-refractivity contribution < 1.29 is 13.2 Å². The molecule has 1 saturated heterocycles. The van der Waals surface area contributed by atoms with E-state index in [2.05, 4.69) is 10.6 Å². The number of nitrogens with one attached hydrogen (secondary N) is 2. The van der Waals surface area contributed by atoms with E-state index in [1.165, 1.54) is 4.31 Å². The molecule has 134 valence electrons. The van der Waals surface area contributed by atoms with Gasteiger partial charge in [-0.3, -0.25) is 4.79 Å². The standard InChI is InChI=1S/C17H21N3O3S2/c21-17(19-12-15-6-4-10-24-15)13-18-14-5-3-7-16(11-14)25(22,23)20-8-1-2-9-20/h3-7,10-11,18H,1-2,8-9,12-13H2,(H,19,21).